The average molecular weight is 392 g/mol. The summed E-state index contributed by atoms with van der Waals surface area (Å²) in [5.74, 6) is 0.969. The maximum atomic E-state index is 6.08. The lowest BCUT2D eigenvalue weighted by Gasteiger charge is -2.39. The van der Waals surface area contributed by atoms with Gasteiger partial charge in [-0.1, -0.05) is 22.0 Å². The van der Waals surface area contributed by atoms with Crippen LogP contribution in [0.25, 0.3) is 0 Å². The van der Waals surface area contributed by atoms with E-state index in [2.05, 4.69) is 35.0 Å². The normalized spacial score (nSPS) is 41.1. The van der Waals surface area contributed by atoms with Crippen molar-refractivity contribution in [3.05, 3.63) is 22.2 Å². The standard InChI is InChI=1S/C19H26BrN3O/c1-3-24-15-4-6-18(7-5-15)9-13-8-14(20)10-19(16(13)11-18)22-12(2)17(21)23-19/h8-9,15-16H,3-7,10-11H2,1-2H3,(H2,21,23)/t15-,16?,18+,19?. The molecule has 5 heteroatoms. The van der Waals surface area contributed by atoms with Crippen LogP contribution in [0.2, 0.25) is 0 Å². The molecule has 0 saturated heterocycles. The first-order valence-corrected chi connectivity index (χ1v) is 9.87. The fraction of sp³-hybridized carbons (Fsp3) is 0.684. The van der Waals surface area contributed by atoms with E-state index in [0.29, 0.717) is 23.3 Å². The Morgan fingerprint density at radius 1 is 1.33 bits per heavy atom. The van der Waals surface area contributed by atoms with Crippen LogP contribution in [-0.4, -0.2) is 29.9 Å². The number of amidine groups is 1. The number of rotatable bonds is 2. The highest BCUT2D eigenvalue weighted by molar-refractivity contribution is 9.11. The molecule has 0 aromatic rings. The van der Waals surface area contributed by atoms with Gasteiger partial charge in [0.1, 0.15) is 5.84 Å². The molecule has 0 aromatic carbocycles. The van der Waals surface area contributed by atoms with Gasteiger partial charge >= 0.3 is 0 Å². The monoisotopic (exact) mass is 391 g/mol. The molecular formula is C19H26BrN3O. The largest absolute Gasteiger partial charge is 0.382 e. The second-order valence-electron chi connectivity index (χ2n) is 7.76. The molecule has 4 rings (SSSR count). The van der Waals surface area contributed by atoms with Crippen molar-refractivity contribution in [2.45, 2.75) is 64.1 Å². The summed E-state index contributed by atoms with van der Waals surface area (Å²) in [7, 11) is 0. The van der Waals surface area contributed by atoms with Crippen molar-refractivity contribution in [2.24, 2.45) is 27.1 Å². The van der Waals surface area contributed by atoms with Crippen LogP contribution in [0.4, 0.5) is 0 Å². The highest BCUT2D eigenvalue weighted by Gasteiger charge is 2.53. The molecule has 4 nitrogen and oxygen atoms in total. The van der Waals surface area contributed by atoms with Gasteiger partial charge in [0.2, 0.25) is 0 Å². The van der Waals surface area contributed by atoms with Crippen molar-refractivity contribution in [3.8, 4) is 0 Å². The highest BCUT2D eigenvalue weighted by Crippen LogP contribution is 2.58. The maximum Gasteiger partial charge on any atom is 0.164 e. The van der Waals surface area contributed by atoms with Crippen LogP contribution in [0.3, 0.4) is 0 Å². The maximum absolute atomic E-state index is 6.08. The predicted octanol–water partition coefficient (Wildman–Crippen LogP) is 4.11. The minimum absolute atomic E-state index is 0.297. The summed E-state index contributed by atoms with van der Waals surface area (Å²) >= 11 is 3.71. The zero-order valence-corrected chi connectivity index (χ0v) is 16.1. The second-order valence-corrected chi connectivity index (χ2v) is 8.78. The molecule has 0 radical (unpaired) electrons. The first-order valence-electron chi connectivity index (χ1n) is 9.08. The number of hydrogen-bond donors (Lipinski definition) is 1. The molecule has 3 aliphatic carbocycles. The molecular weight excluding hydrogens is 366 g/mol. The molecule has 2 atom stereocenters. The van der Waals surface area contributed by atoms with Gasteiger partial charge in [0.15, 0.2) is 5.66 Å². The van der Waals surface area contributed by atoms with Crippen LogP contribution >= 0.6 is 15.9 Å². The molecule has 2 unspecified atom stereocenters. The van der Waals surface area contributed by atoms with E-state index >= 15 is 0 Å². The number of fused-ring (bicyclic) bond motifs is 2. The van der Waals surface area contributed by atoms with Gasteiger partial charge in [-0.25, -0.2) is 4.99 Å². The van der Waals surface area contributed by atoms with E-state index in [1.54, 1.807) is 0 Å². The third-order valence-corrected chi connectivity index (χ3v) is 6.68. The van der Waals surface area contributed by atoms with E-state index in [9.17, 15) is 0 Å². The first kappa shape index (κ1) is 16.5. The van der Waals surface area contributed by atoms with E-state index in [4.69, 9.17) is 20.5 Å². The number of aliphatic imine (C=N–C) groups is 2. The lowest BCUT2D eigenvalue weighted by atomic mass is 9.70. The van der Waals surface area contributed by atoms with Gasteiger partial charge in [-0.3, -0.25) is 4.99 Å². The Kier molecular flexibility index (Phi) is 4.00. The van der Waals surface area contributed by atoms with E-state index in [1.807, 2.05) is 6.92 Å². The average Bonchev–Trinajstić information content (AvgIpc) is 3.01. The zero-order valence-electron chi connectivity index (χ0n) is 14.5. The van der Waals surface area contributed by atoms with Gasteiger partial charge in [-0.2, -0.15) is 0 Å². The van der Waals surface area contributed by atoms with Gasteiger partial charge in [0, 0.05) is 18.9 Å². The summed E-state index contributed by atoms with van der Waals surface area (Å²) in [6.45, 7) is 4.88. The molecule has 0 bridgehead atoms. The van der Waals surface area contributed by atoms with Gasteiger partial charge in [-0.15, -0.1) is 0 Å². The molecule has 1 aliphatic heterocycles. The summed E-state index contributed by atoms with van der Waals surface area (Å²) in [6, 6.07) is 0. The van der Waals surface area contributed by atoms with Crippen molar-refractivity contribution < 1.29 is 4.74 Å². The lowest BCUT2D eigenvalue weighted by molar-refractivity contribution is 0.0103. The molecule has 0 amide bonds. The Labute approximate surface area is 152 Å². The fourth-order valence-corrected chi connectivity index (χ4v) is 5.70. The van der Waals surface area contributed by atoms with Gasteiger partial charge in [-0.05, 0) is 67.5 Å². The SMILES string of the molecule is CCO[C@H]1CC[C@]2(C=C3C=C(Br)CC4(N=C(C)C(N)=N4)C3C2)CC1. The Morgan fingerprint density at radius 3 is 2.71 bits per heavy atom. The molecule has 4 aliphatic rings. The quantitative estimate of drug-likeness (QED) is 0.769. The highest BCUT2D eigenvalue weighted by atomic mass is 79.9. The molecule has 2 spiro atoms. The molecule has 1 heterocycles. The third-order valence-electron chi connectivity index (χ3n) is 6.17. The fourth-order valence-electron chi connectivity index (χ4n) is 5.03. The molecule has 0 aromatic heterocycles. The number of nitrogens with two attached hydrogens (primary N) is 1. The van der Waals surface area contributed by atoms with Gasteiger partial charge in [0.05, 0.1) is 11.8 Å². The number of hydrogen-bond acceptors (Lipinski definition) is 4. The van der Waals surface area contributed by atoms with E-state index in [1.165, 1.54) is 22.9 Å². The molecule has 1 saturated carbocycles. The van der Waals surface area contributed by atoms with Crippen molar-refractivity contribution in [1.82, 2.24) is 0 Å². The third kappa shape index (κ3) is 2.60. The molecule has 24 heavy (non-hydrogen) atoms. The van der Waals surface area contributed by atoms with Crippen molar-refractivity contribution in [3.63, 3.8) is 0 Å². The number of allylic oxidation sites excluding steroid dienone is 2. The number of ether oxygens (including phenoxy) is 1. The summed E-state index contributed by atoms with van der Waals surface area (Å²) in [5, 5.41) is 0. The van der Waals surface area contributed by atoms with Crippen molar-refractivity contribution >= 4 is 27.5 Å². The summed E-state index contributed by atoms with van der Waals surface area (Å²) in [4.78, 5) is 9.76. The van der Waals surface area contributed by atoms with E-state index in [-0.39, 0.29) is 0 Å². The summed E-state index contributed by atoms with van der Waals surface area (Å²) in [6.07, 6.45) is 12.0. The Morgan fingerprint density at radius 2 is 2.08 bits per heavy atom. The Bertz CT molecular complexity index is 650. The number of nitrogens with zero attached hydrogens (tertiary/aromatic N) is 2. The first-order chi connectivity index (χ1) is 11.5. The van der Waals surface area contributed by atoms with Crippen LogP contribution in [0, 0.1) is 11.3 Å². The van der Waals surface area contributed by atoms with Crippen molar-refractivity contribution in [2.75, 3.05) is 6.61 Å². The van der Waals surface area contributed by atoms with E-state index < -0.39 is 5.66 Å². The van der Waals surface area contributed by atoms with E-state index in [0.717, 1.165) is 38.0 Å². The van der Waals surface area contributed by atoms with Crippen LogP contribution in [0.5, 0.6) is 0 Å². The van der Waals surface area contributed by atoms with Crippen LogP contribution < -0.4 is 5.73 Å². The number of halogens is 1. The summed E-state index contributed by atoms with van der Waals surface area (Å²) < 4.78 is 7.02. The Balaban J connectivity index is 1.62. The molecule has 1 fully saturated rings. The smallest absolute Gasteiger partial charge is 0.164 e. The molecule has 2 N–H and O–H groups in total. The topological polar surface area (TPSA) is 60.0 Å². The van der Waals surface area contributed by atoms with Gasteiger partial charge < -0.3 is 10.5 Å². The predicted molar refractivity (Wildman–Crippen MR) is 102 cm³/mol. The van der Waals surface area contributed by atoms with Crippen LogP contribution in [-0.2, 0) is 4.74 Å². The minimum atomic E-state index is -0.409. The summed E-state index contributed by atoms with van der Waals surface area (Å²) in [5.41, 5.74) is 8.26. The van der Waals surface area contributed by atoms with Crippen molar-refractivity contribution in [1.29, 1.82) is 0 Å². The van der Waals surface area contributed by atoms with Crippen LogP contribution in [0.15, 0.2) is 32.2 Å². The molecule has 130 valence electrons. The zero-order chi connectivity index (χ0) is 16.9. The van der Waals surface area contributed by atoms with Crippen LogP contribution in [0.1, 0.15) is 52.4 Å². The second kappa shape index (κ2) is 5.80. The minimum Gasteiger partial charge on any atom is -0.382 e. The Hall–Kier alpha value is -0.940. The van der Waals surface area contributed by atoms with Gasteiger partial charge in [0.25, 0.3) is 0 Å². The lowest BCUT2D eigenvalue weighted by Crippen LogP contribution is -2.37.